The molecule has 0 spiro atoms. The lowest BCUT2D eigenvalue weighted by Crippen LogP contribution is -2.49. The molecule has 3 heteroatoms. The molecule has 0 aromatic carbocycles. The quantitative estimate of drug-likeness (QED) is 0.841. The summed E-state index contributed by atoms with van der Waals surface area (Å²) >= 11 is 0. The zero-order chi connectivity index (χ0) is 15.2. The molecule has 1 N–H and O–H groups in total. The summed E-state index contributed by atoms with van der Waals surface area (Å²) in [5.74, 6) is 1.64. The highest BCUT2D eigenvalue weighted by Crippen LogP contribution is 2.57. The molecule has 5 atom stereocenters. The standard InChI is InChI=1S/C18H26O3/c1-3-16-15-6-4-11-10-12(19)5-7-13(11)14(15)8-9-18(16,2)17(20)21/h10,13-16H,3-9H2,1-2H3,(H,20,21)/t13-,14-,15+,16+,18+/m0/s1. The Morgan fingerprint density at radius 2 is 2.05 bits per heavy atom. The van der Waals surface area contributed by atoms with E-state index in [-0.39, 0.29) is 11.7 Å². The van der Waals surface area contributed by atoms with Crippen LogP contribution in [-0.2, 0) is 9.59 Å². The average Bonchev–Trinajstić information content (AvgIpc) is 2.46. The Bertz CT molecular complexity index is 493. The van der Waals surface area contributed by atoms with E-state index in [1.165, 1.54) is 5.57 Å². The van der Waals surface area contributed by atoms with Gasteiger partial charge in [-0.3, -0.25) is 9.59 Å². The molecular formula is C18H26O3. The molecule has 3 rings (SSSR count). The van der Waals surface area contributed by atoms with Gasteiger partial charge in [-0.1, -0.05) is 18.9 Å². The van der Waals surface area contributed by atoms with Gasteiger partial charge in [-0.2, -0.15) is 0 Å². The lowest BCUT2D eigenvalue weighted by Gasteiger charge is -2.53. The van der Waals surface area contributed by atoms with Gasteiger partial charge in [-0.25, -0.2) is 0 Å². The Labute approximate surface area is 126 Å². The number of carbonyl (C=O) groups excluding carboxylic acids is 1. The van der Waals surface area contributed by atoms with Crippen LogP contribution in [0, 0.1) is 29.1 Å². The Morgan fingerprint density at radius 3 is 2.71 bits per heavy atom. The number of fused-ring (bicyclic) bond motifs is 3. The Hall–Kier alpha value is -1.12. The normalized spacial score (nSPS) is 42.8. The monoisotopic (exact) mass is 290 g/mol. The van der Waals surface area contributed by atoms with Crippen molar-refractivity contribution in [1.82, 2.24) is 0 Å². The molecule has 0 aromatic rings. The molecule has 116 valence electrons. The first kappa shape index (κ1) is 14.8. The summed E-state index contributed by atoms with van der Waals surface area (Å²) in [7, 11) is 0. The number of rotatable bonds is 2. The largest absolute Gasteiger partial charge is 0.481 e. The number of hydrogen-bond donors (Lipinski definition) is 1. The topological polar surface area (TPSA) is 54.4 Å². The fourth-order valence-electron chi connectivity index (χ4n) is 5.52. The first-order chi connectivity index (χ1) is 9.97. The van der Waals surface area contributed by atoms with Crippen LogP contribution in [0.2, 0.25) is 0 Å². The van der Waals surface area contributed by atoms with E-state index in [0.717, 1.165) is 38.5 Å². The van der Waals surface area contributed by atoms with Crippen LogP contribution in [0.3, 0.4) is 0 Å². The lowest BCUT2D eigenvalue weighted by atomic mass is 9.51. The van der Waals surface area contributed by atoms with Crippen LogP contribution in [0.5, 0.6) is 0 Å². The van der Waals surface area contributed by atoms with Crippen LogP contribution in [-0.4, -0.2) is 16.9 Å². The molecule has 0 aromatic heterocycles. The van der Waals surface area contributed by atoms with Crippen LogP contribution >= 0.6 is 0 Å². The zero-order valence-corrected chi connectivity index (χ0v) is 13.1. The van der Waals surface area contributed by atoms with Crippen LogP contribution in [0.15, 0.2) is 11.6 Å². The molecule has 2 fully saturated rings. The van der Waals surface area contributed by atoms with E-state index in [1.807, 2.05) is 13.0 Å². The molecule has 3 aliphatic rings. The van der Waals surface area contributed by atoms with Crippen molar-refractivity contribution in [3.8, 4) is 0 Å². The molecule has 3 aliphatic carbocycles. The van der Waals surface area contributed by atoms with Gasteiger partial charge in [-0.15, -0.1) is 0 Å². The molecular weight excluding hydrogens is 264 g/mol. The summed E-state index contributed by atoms with van der Waals surface area (Å²) in [4.78, 5) is 23.4. The molecule has 0 saturated heterocycles. The minimum atomic E-state index is -0.618. The highest BCUT2D eigenvalue weighted by Gasteiger charge is 2.53. The molecule has 0 amide bonds. The van der Waals surface area contributed by atoms with E-state index < -0.39 is 11.4 Å². The molecule has 0 radical (unpaired) electrons. The van der Waals surface area contributed by atoms with E-state index in [4.69, 9.17) is 0 Å². The molecule has 0 bridgehead atoms. The number of carboxylic acid groups (broad SMARTS) is 1. The summed E-state index contributed by atoms with van der Waals surface area (Å²) < 4.78 is 0. The molecule has 0 unspecified atom stereocenters. The van der Waals surface area contributed by atoms with Gasteiger partial charge in [0.2, 0.25) is 0 Å². The maximum absolute atomic E-state index is 11.8. The number of aliphatic carboxylic acids is 1. The molecule has 21 heavy (non-hydrogen) atoms. The Morgan fingerprint density at radius 1 is 1.29 bits per heavy atom. The van der Waals surface area contributed by atoms with Crippen molar-refractivity contribution in [2.75, 3.05) is 0 Å². The van der Waals surface area contributed by atoms with Crippen molar-refractivity contribution in [1.29, 1.82) is 0 Å². The van der Waals surface area contributed by atoms with Crippen molar-refractivity contribution in [3.05, 3.63) is 11.6 Å². The SMILES string of the molecule is CC[C@@H]1[C@@H]2CCC3=CC(=O)CC[C@@H]3[C@@H]2CC[C@@]1(C)C(=O)O. The van der Waals surface area contributed by atoms with E-state index >= 15 is 0 Å². The number of carboxylic acids is 1. The molecule has 0 aliphatic heterocycles. The minimum Gasteiger partial charge on any atom is -0.481 e. The maximum Gasteiger partial charge on any atom is 0.309 e. The van der Waals surface area contributed by atoms with Gasteiger partial charge < -0.3 is 5.11 Å². The van der Waals surface area contributed by atoms with Gasteiger partial charge in [0, 0.05) is 6.42 Å². The predicted octanol–water partition coefficient (Wildman–Crippen LogP) is 3.83. The van der Waals surface area contributed by atoms with Gasteiger partial charge >= 0.3 is 5.97 Å². The minimum absolute atomic E-state index is 0.285. The first-order valence-corrected chi connectivity index (χ1v) is 8.44. The van der Waals surface area contributed by atoms with Crippen molar-refractivity contribution in [3.63, 3.8) is 0 Å². The van der Waals surface area contributed by atoms with E-state index in [2.05, 4.69) is 6.92 Å². The van der Waals surface area contributed by atoms with Crippen LogP contribution in [0.4, 0.5) is 0 Å². The van der Waals surface area contributed by atoms with E-state index in [0.29, 0.717) is 24.2 Å². The summed E-state index contributed by atoms with van der Waals surface area (Å²) in [6.45, 7) is 4.10. The zero-order valence-electron chi connectivity index (χ0n) is 13.1. The number of ketones is 1. The average molecular weight is 290 g/mol. The third kappa shape index (κ3) is 2.25. The molecule has 0 heterocycles. The van der Waals surface area contributed by atoms with E-state index in [1.54, 1.807) is 0 Å². The summed E-state index contributed by atoms with van der Waals surface area (Å²) in [6, 6.07) is 0. The highest BCUT2D eigenvalue weighted by atomic mass is 16.4. The van der Waals surface area contributed by atoms with Gasteiger partial charge in [0.1, 0.15) is 0 Å². The van der Waals surface area contributed by atoms with Crippen molar-refractivity contribution in [2.24, 2.45) is 29.1 Å². The van der Waals surface area contributed by atoms with Crippen LogP contribution in [0.1, 0.15) is 58.8 Å². The van der Waals surface area contributed by atoms with Crippen LogP contribution in [0.25, 0.3) is 0 Å². The van der Waals surface area contributed by atoms with Gasteiger partial charge in [0.05, 0.1) is 5.41 Å². The lowest BCUT2D eigenvalue weighted by molar-refractivity contribution is -0.159. The predicted molar refractivity (Wildman–Crippen MR) is 80.8 cm³/mol. The second-order valence-corrected chi connectivity index (χ2v) is 7.47. The summed E-state index contributed by atoms with van der Waals surface area (Å²) in [5, 5.41) is 9.70. The fourth-order valence-corrected chi connectivity index (χ4v) is 5.52. The van der Waals surface area contributed by atoms with Gasteiger partial charge in [0.25, 0.3) is 0 Å². The number of allylic oxidation sites excluding steroid dienone is 2. The van der Waals surface area contributed by atoms with Crippen LogP contribution < -0.4 is 0 Å². The highest BCUT2D eigenvalue weighted by molar-refractivity contribution is 5.91. The third-order valence-electron chi connectivity index (χ3n) is 6.62. The second kappa shape index (κ2) is 5.26. The van der Waals surface area contributed by atoms with Crippen molar-refractivity contribution in [2.45, 2.75) is 58.8 Å². The summed E-state index contributed by atoms with van der Waals surface area (Å²) in [6.07, 6.45) is 8.41. The number of hydrogen-bond acceptors (Lipinski definition) is 2. The summed E-state index contributed by atoms with van der Waals surface area (Å²) in [5.41, 5.74) is 0.808. The van der Waals surface area contributed by atoms with Gasteiger partial charge in [-0.05, 0) is 68.8 Å². The smallest absolute Gasteiger partial charge is 0.309 e. The second-order valence-electron chi connectivity index (χ2n) is 7.47. The van der Waals surface area contributed by atoms with Gasteiger partial charge in [0.15, 0.2) is 5.78 Å². The van der Waals surface area contributed by atoms with E-state index in [9.17, 15) is 14.7 Å². The first-order valence-electron chi connectivity index (χ1n) is 8.44. The molecule has 3 nitrogen and oxygen atoms in total. The Kier molecular flexibility index (Phi) is 3.71. The van der Waals surface area contributed by atoms with Crippen molar-refractivity contribution < 1.29 is 14.7 Å². The maximum atomic E-state index is 11.8. The Balaban J connectivity index is 1.89. The fraction of sp³-hybridized carbons (Fsp3) is 0.778. The third-order valence-corrected chi connectivity index (χ3v) is 6.62. The molecule has 2 saturated carbocycles. The number of carbonyl (C=O) groups is 2. The van der Waals surface area contributed by atoms with Crippen molar-refractivity contribution >= 4 is 11.8 Å².